The molecule has 94 valence electrons. The van der Waals surface area contributed by atoms with Crippen molar-refractivity contribution in [2.75, 3.05) is 7.11 Å². The predicted molar refractivity (Wildman–Crippen MR) is 66.9 cm³/mol. The van der Waals surface area contributed by atoms with Crippen LogP contribution in [0.2, 0.25) is 0 Å². The molecule has 0 aliphatic rings. The average Bonchev–Trinajstić information content (AvgIpc) is 2.27. The van der Waals surface area contributed by atoms with E-state index in [1.54, 1.807) is 18.2 Å². The van der Waals surface area contributed by atoms with E-state index in [9.17, 15) is 9.90 Å². The van der Waals surface area contributed by atoms with E-state index in [4.69, 9.17) is 4.74 Å². The van der Waals surface area contributed by atoms with E-state index >= 15 is 0 Å². The molecule has 0 aromatic heterocycles. The van der Waals surface area contributed by atoms with Crippen LogP contribution in [0.3, 0.4) is 0 Å². The minimum Gasteiger partial charge on any atom is -0.508 e. The second-order valence-electron chi connectivity index (χ2n) is 4.70. The molecule has 1 atom stereocenters. The first-order valence-electron chi connectivity index (χ1n) is 5.88. The Kier molecular flexibility index (Phi) is 5.01. The maximum absolute atomic E-state index is 11.4. The Morgan fingerprint density at radius 1 is 1.41 bits per heavy atom. The molecule has 0 aliphatic heterocycles. The lowest BCUT2D eigenvalue weighted by Crippen LogP contribution is -2.11. The van der Waals surface area contributed by atoms with Gasteiger partial charge in [-0.05, 0) is 36.0 Å². The van der Waals surface area contributed by atoms with Gasteiger partial charge in [-0.1, -0.05) is 26.0 Å². The molecule has 1 rings (SSSR count). The van der Waals surface area contributed by atoms with Crippen molar-refractivity contribution in [2.24, 2.45) is 5.92 Å². The largest absolute Gasteiger partial charge is 0.508 e. The standard InChI is InChI=1S/C14H20O3/c1-10(2)7-12(9-14(16)17-3)11-5-4-6-13(15)8-11/h4-6,8,10,12,15H,7,9H2,1-3H3. The summed E-state index contributed by atoms with van der Waals surface area (Å²) < 4.78 is 4.71. The molecule has 0 aliphatic carbocycles. The summed E-state index contributed by atoms with van der Waals surface area (Å²) in [6.07, 6.45) is 1.26. The normalized spacial score (nSPS) is 12.5. The molecule has 1 aromatic carbocycles. The predicted octanol–water partition coefficient (Wildman–Crippen LogP) is 3.09. The van der Waals surface area contributed by atoms with Gasteiger partial charge in [0.15, 0.2) is 0 Å². The number of hydrogen-bond acceptors (Lipinski definition) is 3. The Morgan fingerprint density at radius 2 is 2.12 bits per heavy atom. The van der Waals surface area contributed by atoms with Crippen LogP contribution in [0.4, 0.5) is 0 Å². The first kappa shape index (κ1) is 13.6. The number of aromatic hydroxyl groups is 1. The van der Waals surface area contributed by atoms with Gasteiger partial charge < -0.3 is 9.84 Å². The minimum atomic E-state index is -0.209. The maximum atomic E-state index is 11.4. The van der Waals surface area contributed by atoms with Crippen molar-refractivity contribution in [3.05, 3.63) is 29.8 Å². The van der Waals surface area contributed by atoms with Crippen molar-refractivity contribution >= 4 is 5.97 Å². The topological polar surface area (TPSA) is 46.5 Å². The summed E-state index contributed by atoms with van der Waals surface area (Å²) in [5.74, 6) is 0.627. The molecule has 0 amide bonds. The van der Waals surface area contributed by atoms with E-state index in [0.29, 0.717) is 12.3 Å². The first-order valence-corrected chi connectivity index (χ1v) is 5.88. The number of ether oxygens (including phenoxy) is 1. The Hall–Kier alpha value is -1.51. The molecule has 0 saturated heterocycles. The molecular weight excluding hydrogens is 216 g/mol. The summed E-state index contributed by atoms with van der Waals surface area (Å²) in [5.41, 5.74) is 0.990. The maximum Gasteiger partial charge on any atom is 0.306 e. The number of benzene rings is 1. The van der Waals surface area contributed by atoms with Gasteiger partial charge in [-0.15, -0.1) is 0 Å². The zero-order chi connectivity index (χ0) is 12.8. The number of carbonyl (C=O) groups is 1. The molecule has 1 unspecified atom stereocenters. The van der Waals surface area contributed by atoms with Gasteiger partial charge in [-0.25, -0.2) is 0 Å². The number of rotatable bonds is 5. The second-order valence-corrected chi connectivity index (χ2v) is 4.70. The van der Waals surface area contributed by atoms with E-state index < -0.39 is 0 Å². The second kappa shape index (κ2) is 6.28. The fourth-order valence-electron chi connectivity index (χ4n) is 1.97. The SMILES string of the molecule is COC(=O)CC(CC(C)C)c1cccc(O)c1. The molecule has 3 nitrogen and oxygen atoms in total. The fourth-order valence-corrected chi connectivity index (χ4v) is 1.97. The molecular formula is C14H20O3. The summed E-state index contributed by atoms with van der Waals surface area (Å²) in [5, 5.41) is 9.47. The molecule has 0 fully saturated rings. The van der Waals surface area contributed by atoms with Crippen LogP contribution in [-0.2, 0) is 9.53 Å². The molecule has 0 radical (unpaired) electrons. The highest BCUT2D eigenvalue weighted by atomic mass is 16.5. The molecule has 0 saturated carbocycles. The number of phenolic OH excluding ortho intramolecular Hbond substituents is 1. The van der Waals surface area contributed by atoms with Gasteiger partial charge in [-0.2, -0.15) is 0 Å². The number of phenols is 1. The molecule has 0 heterocycles. The van der Waals surface area contributed by atoms with Gasteiger partial charge in [0.05, 0.1) is 13.5 Å². The lowest BCUT2D eigenvalue weighted by molar-refractivity contribution is -0.141. The quantitative estimate of drug-likeness (QED) is 0.799. The third-order valence-electron chi connectivity index (χ3n) is 2.74. The van der Waals surface area contributed by atoms with Gasteiger partial charge in [0.2, 0.25) is 0 Å². The molecule has 17 heavy (non-hydrogen) atoms. The van der Waals surface area contributed by atoms with Crippen LogP contribution in [0.25, 0.3) is 0 Å². The molecule has 0 spiro atoms. The molecule has 0 bridgehead atoms. The average molecular weight is 236 g/mol. The third-order valence-corrected chi connectivity index (χ3v) is 2.74. The van der Waals surface area contributed by atoms with E-state index in [1.807, 2.05) is 6.07 Å². The van der Waals surface area contributed by atoms with Crippen LogP contribution >= 0.6 is 0 Å². The van der Waals surface area contributed by atoms with Crippen molar-refractivity contribution in [1.29, 1.82) is 0 Å². The summed E-state index contributed by atoms with van der Waals surface area (Å²) >= 11 is 0. The Bertz CT molecular complexity index is 371. The minimum absolute atomic E-state index is 0.106. The van der Waals surface area contributed by atoms with Crippen LogP contribution in [0.5, 0.6) is 5.75 Å². The highest BCUT2D eigenvalue weighted by molar-refractivity contribution is 5.70. The van der Waals surface area contributed by atoms with Crippen molar-refractivity contribution < 1.29 is 14.6 Å². The number of esters is 1. The van der Waals surface area contributed by atoms with Gasteiger partial charge in [0, 0.05) is 0 Å². The van der Waals surface area contributed by atoms with Crippen LogP contribution in [0.1, 0.15) is 38.2 Å². The fraction of sp³-hybridized carbons (Fsp3) is 0.500. The van der Waals surface area contributed by atoms with Gasteiger partial charge in [0.1, 0.15) is 5.75 Å². The highest BCUT2D eigenvalue weighted by Gasteiger charge is 2.18. The van der Waals surface area contributed by atoms with Crippen molar-refractivity contribution in [3.8, 4) is 5.75 Å². The summed E-state index contributed by atoms with van der Waals surface area (Å²) in [6.45, 7) is 4.24. The smallest absolute Gasteiger partial charge is 0.306 e. The third kappa shape index (κ3) is 4.47. The van der Waals surface area contributed by atoms with Crippen molar-refractivity contribution in [2.45, 2.75) is 32.6 Å². The van der Waals surface area contributed by atoms with Gasteiger partial charge in [0.25, 0.3) is 0 Å². The van der Waals surface area contributed by atoms with E-state index in [1.165, 1.54) is 7.11 Å². The lowest BCUT2D eigenvalue weighted by Gasteiger charge is -2.18. The van der Waals surface area contributed by atoms with Crippen LogP contribution < -0.4 is 0 Å². The summed E-state index contributed by atoms with van der Waals surface area (Å²) in [6, 6.07) is 7.09. The number of methoxy groups -OCH3 is 1. The molecule has 1 aromatic rings. The van der Waals surface area contributed by atoms with Crippen molar-refractivity contribution in [3.63, 3.8) is 0 Å². The first-order chi connectivity index (χ1) is 8.02. The highest BCUT2D eigenvalue weighted by Crippen LogP contribution is 2.29. The van der Waals surface area contributed by atoms with E-state index in [-0.39, 0.29) is 17.6 Å². The Labute approximate surface area is 102 Å². The Morgan fingerprint density at radius 3 is 2.65 bits per heavy atom. The van der Waals surface area contributed by atoms with Gasteiger partial charge in [-0.3, -0.25) is 4.79 Å². The summed E-state index contributed by atoms with van der Waals surface area (Å²) in [7, 11) is 1.40. The van der Waals surface area contributed by atoms with E-state index in [2.05, 4.69) is 13.8 Å². The number of carbonyl (C=O) groups excluding carboxylic acids is 1. The van der Waals surface area contributed by atoms with Crippen LogP contribution in [0.15, 0.2) is 24.3 Å². The molecule has 1 N–H and O–H groups in total. The van der Waals surface area contributed by atoms with Crippen molar-refractivity contribution in [1.82, 2.24) is 0 Å². The van der Waals surface area contributed by atoms with E-state index in [0.717, 1.165) is 12.0 Å². The van der Waals surface area contributed by atoms with Gasteiger partial charge >= 0.3 is 5.97 Å². The monoisotopic (exact) mass is 236 g/mol. The number of hydrogen-bond donors (Lipinski definition) is 1. The zero-order valence-electron chi connectivity index (χ0n) is 10.6. The molecule has 3 heteroatoms. The zero-order valence-corrected chi connectivity index (χ0v) is 10.6. The summed E-state index contributed by atoms with van der Waals surface area (Å²) in [4.78, 5) is 11.4. The van der Waals surface area contributed by atoms with Crippen LogP contribution in [-0.4, -0.2) is 18.2 Å². The van der Waals surface area contributed by atoms with Crippen LogP contribution in [0, 0.1) is 5.92 Å². The lowest BCUT2D eigenvalue weighted by atomic mass is 9.88. The Balaban J connectivity index is 2.85.